The summed E-state index contributed by atoms with van der Waals surface area (Å²) in [5.74, 6) is -0.887. The molecule has 0 aliphatic rings. The molecular weight excluding hydrogens is 901 g/mol. The Morgan fingerprint density at radius 3 is 0.849 bits per heavy atom. The number of carbonyl (C=O) groups excluding carboxylic acids is 3. The molecule has 0 heterocycles. The minimum absolute atomic E-state index is 0.0795. The first-order valence-corrected chi connectivity index (χ1v) is 32.1. The molecule has 0 saturated carbocycles. The van der Waals surface area contributed by atoms with Crippen LogP contribution >= 0.6 is 0 Å². The summed E-state index contributed by atoms with van der Waals surface area (Å²) in [6, 6.07) is 0. The van der Waals surface area contributed by atoms with Gasteiger partial charge in [-0.25, -0.2) is 0 Å². The molecule has 0 aliphatic heterocycles. The highest BCUT2D eigenvalue weighted by Crippen LogP contribution is 2.18. The van der Waals surface area contributed by atoms with E-state index in [1.807, 2.05) is 0 Å². The lowest BCUT2D eigenvalue weighted by Crippen LogP contribution is -2.30. The maximum absolute atomic E-state index is 12.9. The number of unbranched alkanes of at least 4 members (excludes halogenated alkanes) is 40. The second-order valence-electron chi connectivity index (χ2n) is 21.6. The molecule has 1 unspecified atom stereocenters. The number of ether oxygens (including phenoxy) is 3. The van der Waals surface area contributed by atoms with Gasteiger partial charge < -0.3 is 14.2 Å². The van der Waals surface area contributed by atoms with Crippen LogP contribution in [0.5, 0.6) is 0 Å². The van der Waals surface area contributed by atoms with Crippen LogP contribution in [0.2, 0.25) is 0 Å². The maximum atomic E-state index is 12.9. The highest BCUT2D eigenvalue weighted by atomic mass is 16.6. The zero-order valence-electron chi connectivity index (χ0n) is 48.9. The zero-order chi connectivity index (χ0) is 52.9. The van der Waals surface area contributed by atoms with Crippen LogP contribution in [-0.2, 0) is 28.6 Å². The molecule has 0 aliphatic carbocycles. The summed E-state index contributed by atoms with van der Waals surface area (Å²) >= 11 is 0. The van der Waals surface area contributed by atoms with Crippen LogP contribution in [0.1, 0.15) is 342 Å². The summed E-state index contributed by atoms with van der Waals surface area (Å²) in [4.78, 5) is 38.2. The fourth-order valence-electron chi connectivity index (χ4n) is 9.51. The zero-order valence-corrected chi connectivity index (χ0v) is 48.9. The molecule has 0 fully saturated rings. The Hall–Kier alpha value is -2.63. The van der Waals surface area contributed by atoms with Gasteiger partial charge in [0.15, 0.2) is 6.10 Å². The minimum atomic E-state index is -0.784. The van der Waals surface area contributed by atoms with Crippen molar-refractivity contribution in [3.05, 3.63) is 48.6 Å². The Labute approximate surface area is 454 Å². The van der Waals surface area contributed by atoms with Crippen LogP contribution in [0.25, 0.3) is 0 Å². The van der Waals surface area contributed by atoms with Gasteiger partial charge in [-0.1, -0.05) is 294 Å². The third-order valence-corrected chi connectivity index (χ3v) is 14.3. The summed E-state index contributed by atoms with van der Waals surface area (Å²) < 4.78 is 16.9. The molecule has 73 heavy (non-hydrogen) atoms. The van der Waals surface area contributed by atoms with Gasteiger partial charge in [0.05, 0.1) is 0 Å². The molecular formula is C67H122O6. The molecule has 0 radical (unpaired) electrons. The Morgan fingerprint density at radius 2 is 0.534 bits per heavy atom. The van der Waals surface area contributed by atoms with Crippen molar-refractivity contribution in [3.63, 3.8) is 0 Å². The van der Waals surface area contributed by atoms with Gasteiger partial charge in [-0.05, 0) is 77.0 Å². The molecule has 0 bridgehead atoms. The number of rotatable bonds is 59. The van der Waals surface area contributed by atoms with E-state index in [2.05, 4.69) is 69.4 Å². The van der Waals surface area contributed by atoms with E-state index in [0.29, 0.717) is 19.3 Å². The first-order valence-electron chi connectivity index (χ1n) is 32.1. The molecule has 0 rings (SSSR count). The topological polar surface area (TPSA) is 78.9 Å². The summed E-state index contributed by atoms with van der Waals surface area (Å²) in [7, 11) is 0. The summed E-state index contributed by atoms with van der Waals surface area (Å²) in [5, 5.41) is 0. The van der Waals surface area contributed by atoms with Crippen molar-refractivity contribution < 1.29 is 28.6 Å². The molecule has 1 atom stereocenters. The quantitative estimate of drug-likeness (QED) is 0.0261. The van der Waals surface area contributed by atoms with E-state index in [0.717, 1.165) is 103 Å². The largest absolute Gasteiger partial charge is 0.462 e. The first-order chi connectivity index (χ1) is 36.0. The molecule has 0 aromatic heterocycles. The van der Waals surface area contributed by atoms with Gasteiger partial charge >= 0.3 is 17.9 Å². The predicted octanol–water partition coefficient (Wildman–Crippen LogP) is 21.8. The van der Waals surface area contributed by atoms with E-state index in [4.69, 9.17) is 14.2 Å². The first kappa shape index (κ1) is 70.4. The molecule has 6 heteroatoms. The second-order valence-corrected chi connectivity index (χ2v) is 21.6. The van der Waals surface area contributed by atoms with E-state index in [-0.39, 0.29) is 31.1 Å². The van der Waals surface area contributed by atoms with Crippen molar-refractivity contribution in [2.45, 2.75) is 348 Å². The van der Waals surface area contributed by atoms with Gasteiger partial charge in [-0.2, -0.15) is 0 Å². The number of hydrogen-bond acceptors (Lipinski definition) is 6. The normalized spacial score (nSPS) is 12.3. The Morgan fingerprint density at radius 1 is 0.288 bits per heavy atom. The molecule has 0 N–H and O–H groups in total. The molecule has 0 spiro atoms. The molecule has 6 nitrogen and oxygen atoms in total. The number of hydrogen-bond donors (Lipinski definition) is 0. The van der Waals surface area contributed by atoms with E-state index in [1.54, 1.807) is 0 Å². The van der Waals surface area contributed by atoms with E-state index in [1.165, 1.54) is 199 Å². The Bertz CT molecular complexity index is 1270. The molecule has 426 valence electrons. The smallest absolute Gasteiger partial charge is 0.306 e. The van der Waals surface area contributed by atoms with E-state index in [9.17, 15) is 14.4 Å². The summed E-state index contributed by atoms with van der Waals surface area (Å²) in [6.07, 6.45) is 77.0. The van der Waals surface area contributed by atoms with Crippen molar-refractivity contribution in [3.8, 4) is 0 Å². The fourth-order valence-corrected chi connectivity index (χ4v) is 9.51. The maximum Gasteiger partial charge on any atom is 0.306 e. The van der Waals surface area contributed by atoms with E-state index < -0.39 is 6.10 Å². The lowest BCUT2D eigenvalue weighted by Gasteiger charge is -2.18. The standard InChI is InChI=1S/C67H122O6/c1-4-7-10-13-16-19-22-25-28-29-30-31-32-33-34-35-36-37-38-40-42-45-48-51-54-57-60-66(69)72-63-64(62-71-65(68)59-56-53-50-47-44-41-27-24-21-18-15-12-9-6-3)73-67(70)61-58-55-52-49-46-43-39-26-23-20-17-14-11-8-5-2/h8,11,17,20,24,26-27,39,64H,4-7,9-10,12-16,18-19,21-23,25,28-38,40-63H2,1-3H3/b11-8-,20-17-,27-24-,39-26-. The highest BCUT2D eigenvalue weighted by Gasteiger charge is 2.19. The van der Waals surface area contributed by atoms with Gasteiger partial charge in [-0.3, -0.25) is 14.4 Å². The number of esters is 3. The van der Waals surface area contributed by atoms with Crippen molar-refractivity contribution in [2.75, 3.05) is 13.2 Å². The Balaban J connectivity index is 4.23. The lowest BCUT2D eigenvalue weighted by molar-refractivity contribution is -0.167. The number of carbonyl (C=O) groups is 3. The third kappa shape index (κ3) is 60.1. The van der Waals surface area contributed by atoms with Gasteiger partial charge in [0.2, 0.25) is 0 Å². The summed E-state index contributed by atoms with van der Waals surface area (Å²) in [6.45, 7) is 6.55. The van der Waals surface area contributed by atoms with Crippen molar-refractivity contribution >= 4 is 17.9 Å². The SMILES string of the molecule is CC/C=C\C/C=C\C/C=C\CCCCCCCC(=O)OC(COC(=O)CCCCCCC/C=C\CCCCCCC)COC(=O)CCCCCCCCCCCCCCCCCCCCCCCCCCCC. The second kappa shape index (κ2) is 61.9. The average molecular weight is 1020 g/mol. The lowest BCUT2D eigenvalue weighted by atomic mass is 10.0. The molecule has 0 aromatic carbocycles. The number of allylic oxidation sites excluding steroid dienone is 8. The Kier molecular flexibility index (Phi) is 59.7. The fraction of sp³-hybridized carbons (Fsp3) is 0.836. The van der Waals surface area contributed by atoms with Crippen LogP contribution < -0.4 is 0 Å². The minimum Gasteiger partial charge on any atom is -0.462 e. The monoisotopic (exact) mass is 1020 g/mol. The van der Waals surface area contributed by atoms with Crippen LogP contribution in [0.3, 0.4) is 0 Å². The summed E-state index contributed by atoms with van der Waals surface area (Å²) in [5.41, 5.74) is 0. The molecule has 0 amide bonds. The average Bonchev–Trinajstić information content (AvgIpc) is 3.39. The van der Waals surface area contributed by atoms with Crippen LogP contribution in [0.4, 0.5) is 0 Å². The van der Waals surface area contributed by atoms with Gasteiger partial charge in [0, 0.05) is 19.3 Å². The van der Waals surface area contributed by atoms with Gasteiger partial charge in [-0.15, -0.1) is 0 Å². The molecule has 0 aromatic rings. The van der Waals surface area contributed by atoms with Crippen LogP contribution in [0.15, 0.2) is 48.6 Å². The van der Waals surface area contributed by atoms with Gasteiger partial charge in [0.25, 0.3) is 0 Å². The molecule has 0 saturated heterocycles. The van der Waals surface area contributed by atoms with Crippen molar-refractivity contribution in [1.29, 1.82) is 0 Å². The van der Waals surface area contributed by atoms with Crippen molar-refractivity contribution in [2.24, 2.45) is 0 Å². The van der Waals surface area contributed by atoms with Crippen LogP contribution in [-0.4, -0.2) is 37.2 Å². The van der Waals surface area contributed by atoms with E-state index >= 15 is 0 Å². The third-order valence-electron chi connectivity index (χ3n) is 14.3. The van der Waals surface area contributed by atoms with Crippen LogP contribution in [0, 0.1) is 0 Å². The predicted molar refractivity (Wildman–Crippen MR) is 316 cm³/mol. The van der Waals surface area contributed by atoms with Crippen molar-refractivity contribution in [1.82, 2.24) is 0 Å². The highest BCUT2D eigenvalue weighted by molar-refractivity contribution is 5.71. The van der Waals surface area contributed by atoms with Gasteiger partial charge in [0.1, 0.15) is 13.2 Å².